The van der Waals surface area contributed by atoms with Gasteiger partial charge >= 0.3 is 0 Å². The number of rotatable bonds is 8. The molecule has 0 aromatic heterocycles. The Bertz CT molecular complexity index is 708. The van der Waals surface area contributed by atoms with Gasteiger partial charge in [-0.2, -0.15) is 0 Å². The third-order valence-electron chi connectivity index (χ3n) is 4.31. The highest BCUT2D eigenvalue weighted by Gasteiger charge is 2.08. The number of hydrogen-bond acceptors (Lipinski definition) is 3. The van der Waals surface area contributed by atoms with E-state index in [1.165, 1.54) is 16.8 Å². The fourth-order valence-electron chi connectivity index (χ4n) is 2.91. The van der Waals surface area contributed by atoms with Crippen LogP contribution in [0.5, 0.6) is 0 Å². The van der Waals surface area contributed by atoms with Crippen molar-refractivity contribution in [2.45, 2.75) is 34.2 Å². The molecule has 25 heavy (non-hydrogen) atoms. The molecule has 0 aliphatic carbocycles. The summed E-state index contributed by atoms with van der Waals surface area (Å²) in [5, 5.41) is 6.19. The van der Waals surface area contributed by atoms with Gasteiger partial charge in [0.1, 0.15) is 0 Å². The minimum Gasteiger partial charge on any atom is -0.372 e. The minimum absolute atomic E-state index is 0.0219. The highest BCUT2D eigenvalue weighted by Crippen LogP contribution is 2.22. The van der Waals surface area contributed by atoms with Crippen molar-refractivity contribution >= 4 is 17.3 Å². The molecule has 2 aromatic rings. The number of anilines is 2. The second-order valence-electron chi connectivity index (χ2n) is 6.31. The van der Waals surface area contributed by atoms with E-state index >= 15 is 0 Å². The zero-order chi connectivity index (χ0) is 18.2. The maximum Gasteiger partial charge on any atom is 0.238 e. The summed E-state index contributed by atoms with van der Waals surface area (Å²) in [7, 11) is 0. The van der Waals surface area contributed by atoms with E-state index in [0.717, 1.165) is 24.3 Å². The molecule has 0 bridgehead atoms. The zero-order valence-electron chi connectivity index (χ0n) is 15.7. The predicted molar refractivity (Wildman–Crippen MR) is 106 cm³/mol. The van der Waals surface area contributed by atoms with E-state index in [9.17, 15) is 4.79 Å². The van der Waals surface area contributed by atoms with Gasteiger partial charge in [0.15, 0.2) is 0 Å². The Balaban J connectivity index is 1.87. The Kier molecular flexibility index (Phi) is 7.02. The van der Waals surface area contributed by atoms with Crippen molar-refractivity contribution in [1.29, 1.82) is 0 Å². The van der Waals surface area contributed by atoms with Gasteiger partial charge in [-0.1, -0.05) is 29.8 Å². The number of carbonyl (C=O) groups is 1. The van der Waals surface area contributed by atoms with Gasteiger partial charge in [-0.05, 0) is 57.0 Å². The lowest BCUT2D eigenvalue weighted by Crippen LogP contribution is -2.28. The first kappa shape index (κ1) is 19.0. The van der Waals surface area contributed by atoms with Crippen LogP contribution in [0.15, 0.2) is 42.5 Å². The molecule has 0 radical (unpaired) electrons. The van der Waals surface area contributed by atoms with Gasteiger partial charge in [-0.15, -0.1) is 0 Å². The van der Waals surface area contributed by atoms with Crippen LogP contribution < -0.4 is 15.5 Å². The van der Waals surface area contributed by atoms with E-state index in [-0.39, 0.29) is 5.91 Å². The molecule has 4 heteroatoms. The number of benzene rings is 2. The number of amides is 1. The molecule has 0 fully saturated rings. The third kappa shape index (κ3) is 5.61. The highest BCUT2D eigenvalue weighted by atomic mass is 16.1. The van der Waals surface area contributed by atoms with E-state index in [4.69, 9.17) is 0 Å². The second kappa shape index (κ2) is 9.23. The number of nitrogens with zero attached hydrogens (tertiary/aromatic N) is 1. The summed E-state index contributed by atoms with van der Waals surface area (Å²) in [4.78, 5) is 14.5. The molecule has 134 valence electrons. The fourth-order valence-corrected chi connectivity index (χ4v) is 2.91. The molecule has 0 spiro atoms. The lowest BCUT2D eigenvalue weighted by molar-refractivity contribution is -0.115. The molecule has 2 N–H and O–H groups in total. The van der Waals surface area contributed by atoms with Gasteiger partial charge < -0.3 is 15.5 Å². The summed E-state index contributed by atoms with van der Waals surface area (Å²) in [5.74, 6) is -0.0219. The summed E-state index contributed by atoms with van der Waals surface area (Å²) in [5.41, 5.74) is 5.56. The fraction of sp³-hybridized carbons (Fsp3) is 0.381. The molecule has 0 aliphatic heterocycles. The molecule has 0 aliphatic rings. The van der Waals surface area contributed by atoms with Crippen molar-refractivity contribution in [3.05, 3.63) is 59.2 Å². The number of hydrogen-bond donors (Lipinski definition) is 2. The maximum atomic E-state index is 12.2. The minimum atomic E-state index is -0.0219. The first-order valence-corrected chi connectivity index (χ1v) is 8.95. The summed E-state index contributed by atoms with van der Waals surface area (Å²) >= 11 is 0. The smallest absolute Gasteiger partial charge is 0.238 e. The third-order valence-corrected chi connectivity index (χ3v) is 4.31. The molecular formula is C21H29N3O. The Labute approximate surface area is 151 Å². The first-order chi connectivity index (χ1) is 12.0. The Hall–Kier alpha value is -2.33. The predicted octanol–water partition coefficient (Wildman–Crippen LogP) is 3.88. The summed E-state index contributed by atoms with van der Waals surface area (Å²) in [6.07, 6.45) is 0. The van der Waals surface area contributed by atoms with Crippen molar-refractivity contribution in [3.8, 4) is 0 Å². The molecule has 0 unspecified atom stereocenters. The molecule has 1 amide bonds. The lowest BCUT2D eigenvalue weighted by Gasteiger charge is -2.22. The summed E-state index contributed by atoms with van der Waals surface area (Å²) < 4.78 is 0. The molecule has 2 aromatic carbocycles. The van der Waals surface area contributed by atoms with Crippen molar-refractivity contribution in [2.24, 2.45) is 0 Å². The van der Waals surface area contributed by atoms with Crippen LogP contribution in [0.2, 0.25) is 0 Å². The van der Waals surface area contributed by atoms with Gasteiger partial charge in [0.2, 0.25) is 5.91 Å². The van der Waals surface area contributed by atoms with Crippen LogP contribution in [0.25, 0.3) is 0 Å². The van der Waals surface area contributed by atoms with Crippen molar-refractivity contribution in [3.63, 3.8) is 0 Å². The van der Waals surface area contributed by atoms with Crippen LogP contribution in [0, 0.1) is 13.8 Å². The quantitative estimate of drug-likeness (QED) is 0.767. The Morgan fingerprint density at radius 2 is 1.80 bits per heavy atom. The SMILES string of the molecule is CCN(CC)c1ccc(NC(=O)CNCc2cccc(C)c2)c(C)c1. The molecule has 0 saturated heterocycles. The second-order valence-corrected chi connectivity index (χ2v) is 6.31. The lowest BCUT2D eigenvalue weighted by atomic mass is 10.1. The van der Waals surface area contributed by atoms with Crippen LogP contribution in [0.3, 0.4) is 0 Å². The summed E-state index contributed by atoms with van der Waals surface area (Å²) in [6.45, 7) is 11.3. The number of aryl methyl sites for hydroxylation is 2. The van der Waals surface area contributed by atoms with Gasteiger partial charge in [0.25, 0.3) is 0 Å². The van der Waals surface area contributed by atoms with Gasteiger partial charge in [0.05, 0.1) is 6.54 Å². The molecule has 0 atom stereocenters. The molecule has 4 nitrogen and oxygen atoms in total. The van der Waals surface area contributed by atoms with E-state index in [1.54, 1.807) is 0 Å². The average molecular weight is 339 g/mol. The van der Waals surface area contributed by atoms with Gasteiger partial charge in [-0.3, -0.25) is 4.79 Å². The van der Waals surface area contributed by atoms with E-state index in [2.05, 4.69) is 66.6 Å². The number of nitrogens with one attached hydrogen (secondary N) is 2. The Morgan fingerprint density at radius 1 is 1.04 bits per heavy atom. The molecule has 2 rings (SSSR count). The largest absolute Gasteiger partial charge is 0.372 e. The van der Waals surface area contributed by atoms with Crippen LogP contribution in [0.1, 0.15) is 30.5 Å². The standard InChI is InChI=1S/C21H29N3O/c1-5-24(6-2)19-10-11-20(17(4)13-19)23-21(25)15-22-14-18-9-7-8-16(3)12-18/h7-13,22H,5-6,14-15H2,1-4H3,(H,23,25). The van der Waals surface area contributed by atoms with E-state index in [1.807, 2.05) is 19.1 Å². The molecule has 0 heterocycles. The average Bonchev–Trinajstić information content (AvgIpc) is 2.58. The first-order valence-electron chi connectivity index (χ1n) is 8.95. The van der Waals surface area contributed by atoms with Crippen LogP contribution in [0.4, 0.5) is 11.4 Å². The van der Waals surface area contributed by atoms with Crippen molar-refractivity contribution in [1.82, 2.24) is 5.32 Å². The maximum absolute atomic E-state index is 12.2. The normalized spacial score (nSPS) is 10.6. The monoisotopic (exact) mass is 339 g/mol. The molecular weight excluding hydrogens is 310 g/mol. The summed E-state index contributed by atoms with van der Waals surface area (Å²) in [6, 6.07) is 14.5. The topological polar surface area (TPSA) is 44.4 Å². The van der Waals surface area contributed by atoms with Crippen LogP contribution in [-0.4, -0.2) is 25.5 Å². The van der Waals surface area contributed by atoms with Gasteiger partial charge in [0, 0.05) is 31.0 Å². The van der Waals surface area contributed by atoms with Crippen molar-refractivity contribution in [2.75, 3.05) is 29.9 Å². The highest BCUT2D eigenvalue weighted by molar-refractivity contribution is 5.93. The van der Waals surface area contributed by atoms with Crippen LogP contribution >= 0.6 is 0 Å². The van der Waals surface area contributed by atoms with E-state index < -0.39 is 0 Å². The van der Waals surface area contributed by atoms with Gasteiger partial charge in [-0.25, -0.2) is 0 Å². The van der Waals surface area contributed by atoms with E-state index in [0.29, 0.717) is 13.1 Å². The van der Waals surface area contributed by atoms with Crippen molar-refractivity contribution < 1.29 is 4.79 Å². The van der Waals surface area contributed by atoms with Crippen LogP contribution in [-0.2, 0) is 11.3 Å². The Morgan fingerprint density at radius 3 is 2.44 bits per heavy atom. The molecule has 0 saturated carbocycles. The number of carbonyl (C=O) groups excluding carboxylic acids is 1. The zero-order valence-corrected chi connectivity index (χ0v) is 15.7.